The van der Waals surface area contributed by atoms with Crippen LogP contribution in [0.1, 0.15) is 32.3 Å². The lowest BCUT2D eigenvalue weighted by atomic mass is 10.0. The second-order valence-electron chi connectivity index (χ2n) is 6.44. The Morgan fingerprint density at radius 2 is 1.95 bits per heavy atom. The Morgan fingerprint density at radius 3 is 2.71 bits per heavy atom. The molecule has 0 spiro atoms. The third kappa shape index (κ3) is 3.30. The molecule has 21 heavy (non-hydrogen) atoms. The van der Waals surface area contributed by atoms with Crippen molar-refractivity contribution in [1.82, 2.24) is 10.2 Å². The first-order chi connectivity index (χ1) is 10.3. The highest BCUT2D eigenvalue weighted by Gasteiger charge is 2.24. The Balaban J connectivity index is 1.59. The van der Waals surface area contributed by atoms with Crippen LogP contribution >= 0.6 is 0 Å². The Hall–Kier alpha value is -1.32. The fourth-order valence-corrected chi connectivity index (χ4v) is 3.38. The normalized spacial score (nSPS) is 17.9. The Kier molecular flexibility index (Phi) is 4.61. The van der Waals surface area contributed by atoms with E-state index in [4.69, 9.17) is 4.42 Å². The summed E-state index contributed by atoms with van der Waals surface area (Å²) in [6.45, 7) is 9.12. The largest absolute Gasteiger partial charge is 0.464 e. The van der Waals surface area contributed by atoms with Crippen LogP contribution in [-0.4, -0.2) is 30.6 Å². The van der Waals surface area contributed by atoms with E-state index in [0.717, 1.165) is 18.7 Å². The van der Waals surface area contributed by atoms with E-state index in [1.807, 2.05) is 18.4 Å². The van der Waals surface area contributed by atoms with E-state index in [9.17, 15) is 0 Å². The Labute approximate surface area is 127 Å². The third-order valence-corrected chi connectivity index (χ3v) is 4.61. The quantitative estimate of drug-likeness (QED) is 0.879. The summed E-state index contributed by atoms with van der Waals surface area (Å²) < 4.78 is 5.60. The van der Waals surface area contributed by atoms with Gasteiger partial charge in [0, 0.05) is 30.1 Å². The summed E-state index contributed by atoms with van der Waals surface area (Å²) in [4.78, 5) is 2.64. The highest BCUT2D eigenvalue weighted by molar-refractivity contribution is 5.80. The molecule has 0 saturated carbocycles. The number of benzene rings is 1. The average molecular weight is 286 g/mol. The van der Waals surface area contributed by atoms with Gasteiger partial charge in [-0.25, -0.2) is 0 Å². The zero-order valence-electron chi connectivity index (χ0n) is 13.1. The minimum absolute atomic E-state index is 0.644. The van der Waals surface area contributed by atoms with E-state index >= 15 is 0 Å². The molecule has 1 N–H and O–H groups in total. The monoisotopic (exact) mass is 286 g/mol. The van der Waals surface area contributed by atoms with Crippen LogP contribution in [0.4, 0.5) is 0 Å². The molecule has 1 aliphatic rings. The number of likely N-dealkylation sites (tertiary alicyclic amines) is 1. The van der Waals surface area contributed by atoms with Crippen LogP contribution in [0.25, 0.3) is 11.0 Å². The highest BCUT2D eigenvalue weighted by Crippen LogP contribution is 2.21. The predicted molar refractivity (Wildman–Crippen MR) is 87.4 cm³/mol. The van der Waals surface area contributed by atoms with E-state index in [2.05, 4.69) is 36.2 Å². The Bertz CT molecular complexity index is 569. The molecular weight excluding hydrogens is 260 g/mol. The number of hydrogen-bond acceptors (Lipinski definition) is 3. The van der Waals surface area contributed by atoms with Crippen LogP contribution in [0.5, 0.6) is 0 Å². The molecular formula is C18H26N2O. The minimum Gasteiger partial charge on any atom is -0.464 e. The topological polar surface area (TPSA) is 28.4 Å². The standard InChI is InChI=1S/C18H26N2O/c1-14(2)17(20-9-5-6-10-20)12-19-11-15-13-21-18-8-4-3-7-16(15)18/h3-4,7-8,13-14,17,19H,5-6,9-12H2,1-2H3. The summed E-state index contributed by atoms with van der Waals surface area (Å²) in [5.74, 6) is 0.691. The van der Waals surface area contributed by atoms with E-state index in [1.165, 1.54) is 36.9 Å². The van der Waals surface area contributed by atoms with Gasteiger partial charge in [0.2, 0.25) is 0 Å². The van der Waals surface area contributed by atoms with Gasteiger partial charge in [0.25, 0.3) is 0 Å². The summed E-state index contributed by atoms with van der Waals surface area (Å²) in [7, 11) is 0. The second-order valence-corrected chi connectivity index (χ2v) is 6.44. The van der Waals surface area contributed by atoms with Gasteiger partial charge in [0.05, 0.1) is 6.26 Å². The molecule has 1 fully saturated rings. The minimum atomic E-state index is 0.644. The molecule has 3 heteroatoms. The molecule has 1 aromatic carbocycles. The SMILES string of the molecule is CC(C)C(CNCc1coc2ccccc12)N1CCCC1. The summed E-state index contributed by atoms with van der Waals surface area (Å²) in [6.07, 6.45) is 4.60. The molecule has 2 aromatic rings. The van der Waals surface area contributed by atoms with Crippen molar-refractivity contribution >= 4 is 11.0 Å². The summed E-state index contributed by atoms with van der Waals surface area (Å²) in [5, 5.41) is 4.87. The molecule has 1 saturated heterocycles. The van der Waals surface area contributed by atoms with Gasteiger partial charge in [-0.1, -0.05) is 32.0 Å². The van der Waals surface area contributed by atoms with Gasteiger partial charge in [0.1, 0.15) is 5.58 Å². The van der Waals surface area contributed by atoms with E-state index < -0.39 is 0 Å². The molecule has 3 nitrogen and oxygen atoms in total. The maximum atomic E-state index is 5.60. The molecule has 3 rings (SSSR count). The van der Waals surface area contributed by atoms with E-state index in [-0.39, 0.29) is 0 Å². The van der Waals surface area contributed by atoms with Crippen molar-refractivity contribution in [3.05, 3.63) is 36.1 Å². The maximum Gasteiger partial charge on any atom is 0.134 e. The molecule has 1 aliphatic heterocycles. The van der Waals surface area contributed by atoms with Crippen LogP contribution in [0.15, 0.2) is 34.9 Å². The van der Waals surface area contributed by atoms with Crippen molar-refractivity contribution in [2.24, 2.45) is 5.92 Å². The van der Waals surface area contributed by atoms with E-state index in [1.54, 1.807) is 0 Å². The Morgan fingerprint density at radius 1 is 1.19 bits per heavy atom. The van der Waals surface area contributed by atoms with Crippen LogP contribution in [0.2, 0.25) is 0 Å². The van der Waals surface area contributed by atoms with Crippen molar-refractivity contribution in [1.29, 1.82) is 0 Å². The molecule has 114 valence electrons. The fraction of sp³-hybridized carbons (Fsp3) is 0.556. The molecule has 1 aromatic heterocycles. The number of hydrogen-bond donors (Lipinski definition) is 1. The molecule has 2 heterocycles. The highest BCUT2D eigenvalue weighted by atomic mass is 16.3. The molecule has 0 aliphatic carbocycles. The molecule has 0 amide bonds. The summed E-state index contributed by atoms with van der Waals surface area (Å²) >= 11 is 0. The van der Waals surface area contributed by atoms with Crippen LogP contribution in [-0.2, 0) is 6.54 Å². The van der Waals surface area contributed by atoms with Gasteiger partial charge in [-0.15, -0.1) is 0 Å². The predicted octanol–water partition coefficient (Wildman–Crippen LogP) is 3.64. The zero-order valence-corrected chi connectivity index (χ0v) is 13.1. The van der Waals surface area contributed by atoms with Crippen LogP contribution in [0.3, 0.4) is 0 Å². The van der Waals surface area contributed by atoms with Crippen molar-refractivity contribution in [3.63, 3.8) is 0 Å². The molecule has 1 atom stereocenters. The summed E-state index contributed by atoms with van der Waals surface area (Å²) in [6, 6.07) is 8.90. The van der Waals surface area contributed by atoms with Gasteiger partial charge < -0.3 is 9.73 Å². The first-order valence-electron chi connectivity index (χ1n) is 8.15. The van der Waals surface area contributed by atoms with Crippen molar-refractivity contribution in [2.75, 3.05) is 19.6 Å². The number of fused-ring (bicyclic) bond motifs is 1. The van der Waals surface area contributed by atoms with Gasteiger partial charge in [-0.3, -0.25) is 4.90 Å². The average Bonchev–Trinajstić information content (AvgIpc) is 3.13. The number of nitrogens with zero attached hydrogens (tertiary/aromatic N) is 1. The first-order valence-corrected chi connectivity index (χ1v) is 8.15. The van der Waals surface area contributed by atoms with Crippen molar-refractivity contribution in [2.45, 2.75) is 39.3 Å². The van der Waals surface area contributed by atoms with Gasteiger partial charge >= 0.3 is 0 Å². The number of para-hydroxylation sites is 1. The van der Waals surface area contributed by atoms with Gasteiger partial charge in [0.15, 0.2) is 0 Å². The van der Waals surface area contributed by atoms with Crippen LogP contribution < -0.4 is 5.32 Å². The number of furan rings is 1. The zero-order chi connectivity index (χ0) is 14.7. The van der Waals surface area contributed by atoms with Crippen LogP contribution in [0, 0.1) is 5.92 Å². The molecule has 0 bridgehead atoms. The lowest BCUT2D eigenvalue weighted by Gasteiger charge is -2.31. The summed E-state index contributed by atoms with van der Waals surface area (Å²) in [5.41, 5.74) is 2.24. The lowest BCUT2D eigenvalue weighted by Crippen LogP contribution is -2.44. The second kappa shape index (κ2) is 6.63. The third-order valence-electron chi connectivity index (χ3n) is 4.61. The maximum absolute atomic E-state index is 5.60. The fourth-order valence-electron chi connectivity index (χ4n) is 3.38. The van der Waals surface area contributed by atoms with Crippen molar-refractivity contribution < 1.29 is 4.42 Å². The van der Waals surface area contributed by atoms with E-state index in [0.29, 0.717) is 12.0 Å². The van der Waals surface area contributed by atoms with Crippen molar-refractivity contribution in [3.8, 4) is 0 Å². The smallest absolute Gasteiger partial charge is 0.134 e. The number of nitrogens with one attached hydrogen (secondary N) is 1. The number of rotatable bonds is 6. The molecule has 1 unspecified atom stereocenters. The van der Waals surface area contributed by atoms with Gasteiger partial charge in [-0.05, 0) is 37.9 Å². The lowest BCUT2D eigenvalue weighted by molar-refractivity contribution is 0.186. The van der Waals surface area contributed by atoms with Gasteiger partial charge in [-0.2, -0.15) is 0 Å². The first kappa shape index (κ1) is 14.6. The molecule has 0 radical (unpaired) electrons.